The lowest BCUT2D eigenvalue weighted by Crippen LogP contribution is -2.38. The highest BCUT2D eigenvalue weighted by Crippen LogP contribution is 2.66. The van der Waals surface area contributed by atoms with Gasteiger partial charge in [0.05, 0.1) is 40.1 Å². The van der Waals surface area contributed by atoms with Gasteiger partial charge in [-0.3, -0.25) is 14.9 Å². The van der Waals surface area contributed by atoms with Crippen molar-refractivity contribution in [1.82, 2.24) is 14.7 Å². The van der Waals surface area contributed by atoms with Gasteiger partial charge in [-0.25, -0.2) is 9.07 Å². The lowest BCUT2D eigenvalue weighted by atomic mass is 9.86. The van der Waals surface area contributed by atoms with Gasteiger partial charge >= 0.3 is 0 Å². The summed E-state index contributed by atoms with van der Waals surface area (Å²) < 4.78 is 16.9. The Hall–Kier alpha value is -2.67. The molecule has 1 saturated carbocycles. The lowest BCUT2D eigenvalue weighted by molar-refractivity contribution is 0.0962. The van der Waals surface area contributed by atoms with Crippen molar-refractivity contribution in [1.29, 1.82) is 0 Å². The van der Waals surface area contributed by atoms with Crippen molar-refractivity contribution in [3.8, 4) is 0 Å². The van der Waals surface area contributed by atoms with Crippen LogP contribution in [0, 0.1) is 0 Å². The number of hydrogen-bond acceptors (Lipinski definition) is 4. The summed E-state index contributed by atoms with van der Waals surface area (Å²) in [5.74, 6) is -0.258. The smallest absolute Gasteiger partial charge is 0.276 e. The van der Waals surface area contributed by atoms with Crippen LogP contribution in [0.25, 0.3) is 0 Å². The van der Waals surface area contributed by atoms with E-state index < -0.39 is 11.0 Å². The Bertz CT molecular complexity index is 1100. The maximum atomic E-state index is 15.2. The van der Waals surface area contributed by atoms with Crippen molar-refractivity contribution in [2.45, 2.75) is 48.8 Å². The maximum Gasteiger partial charge on any atom is 0.276 e. The monoisotopic (exact) mass is 394 g/mol. The second-order valence-corrected chi connectivity index (χ2v) is 8.76. The predicted molar refractivity (Wildman–Crippen MR) is 108 cm³/mol. The van der Waals surface area contributed by atoms with Gasteiger partial charge in [0.15, 0.2) is 0 Å². The highest BCUT2D eigenvalue weighted by atomic mass is 19.1. The van der Waals surface area contributed by atoms with Gasteiger partial charge in [-0.05, 0) is 37.8 Å². The number of piperidine rings is 1. The van der Waals surface area contributed by atoms with Gasteiger partial charge in [0.25, 0.3) is 5.56 Å². The van der Waals surface area contributed by atoms with E-state index in [-0.39, 0.29) is 23.5 Å². The number of hydrogen-bond donors (Lipinski definition) is 2. The Morgan fingerprint density at radius 3 is 2.83 bits per heavy atom. The summed E-state index contributed by atoms with van der Waals surface area (Å²) in [6, 6.07) is -0.0562. The third-order valence-corrected chi connectivity index (χ3v) is 7.10. The van der Waals surface area contributed by atoms with Gasteiger partial charge in [-0.2, -0.15) is 0 Å². The summed E-state index contributed by atoms with van der Waals surface area (Å²) in [7, 11) is 0. The van der Waals surface area contributed by atoms with Crippen molar-refractivity contribution < 1.29 is 9.50 Å². The quantitative estimate of drug-likeness (QED) is 0.808. The number of likely N-dealkylation sites (tertiary alicyclic amines) is 1. The van der Waals surface area contributed by atoms with Crippen LogP contribution in [-0.2, 0) is 5.41 Å². The minimum atomic E-state index is -0.599. The number of allylic oxidation sites excluding steroid dienone is 5. The highest BCUT2D eigenvalue weighted by Gasteiger charge is 2.71. The fraction of sp³-hybridized carbons (Fsp3) is 0.455. The third-order valence-electron chi connectivity index (χ3n) is 7.10. The van der Waals surface area contributed by atoms with E-state index in [9.17, 15) is 9.90 Å². The van der Waals surface area contributed by atoms with E-state index >= 15 is 4.39 Å². The molecule has 3 atom stereocenters. The van der Waals surface area contributed by atoms with Crippen LogP contribution in [-0.4, -0.2) is 50.7 Å². The summed E-state index contributed by atoms with van der Waals surface area (Å²) in [6.07, 6.45) is 15.6. The van der Waals surface area contributed by atoms with E-state index in [2.05, 4.69) is 5.10 Å². The number of rotatable bonds is 2. The van der Waals surface area contributed by atoms with Crippen LogP contribution < -0.4 is 5.56 Å². The Morgan fingerprint density at radius 2 is 2.07 bits per heavy atom. The van der Waals surface area contributed by atoms with Crippen molar-refractivity contribution >= 4 is 6.21 Å². The first-order valence-corrected chi connectivity index (χ1v) is 10.3. The summed E-state index contributed by atoms with van der Waals surface area (Å²) >= 11 is 0. The SMILES string of the molecule is O=c1c2c([nH]n1C1C=CC=CC1)C13C=C(F)C(N4CCC(O)CC4)=CC1(C3)N=C2. The molecular weight excluding hydrogens is 371 g/mol. The Labute approximate surface area is 167 Å². The van der Waals surface area contributed by atoms with Gasteiger partial charge in [0.1, 0.15) is 5.83 Å². The van der Waals surface area contributed by atoms with Crippen molar-refractivity contribution in [2.24, 2.45) is 4.99 Å². The Morgan fingerprint density at radius 1 is 1.24 bits per heavy atom. The first-order valence-electron chi connectivity index (χ1n) is 10.3. The van der Waals surface area contributed by atoms with Crippen LogP contribution in [0.5, 0.6) is 0 Å². The van der Waals surface area contributed by atoms with Gasteiger partial charge < -0.3 is 10.0 Å². The molecule has 6 rings (SSSR count). The molecule has 150 valence electrons. The summed E-state index contributed by atoms with van der Waals surface area (Å²) in [6.45, 7) is 1.28. The third kappa shape index (κ3) is 2.25. The number of H-pyrrole nitrogens is 1. The van der Waals surface area contributed by atoms with E-state index in [0.29, 0.717) is 43.6 Å². The number of nitrogens with zero attached hydrogens (tertiary/aromatic N) is 3. The van der Waals surface area contributed by atoms with Crippen LogP contribution in [0.15, 0.2) is 57.8 Å². The van der Waals surface area contributed by atoms with Crippen LogP contribution in [0.1, 0.15) is 43.0 Å². The minimum Gasteiger partial charge on any atom is -0.393 e. The molecule has 7 heteroatoms. The zero-order chi connectivity index (χ0) is 19.8. The van der Waals surface area contributed by atoms with E-state index in [1.807, 2.05) is 35.3 Å². The molecule has 0 bridgehead atoms. The number of aromatic nitrogens is 2. The fourth-order valence-electron chi connectivity index (χ4n) is 5.35. The molecule has 5 aliphatic rings. The van der Waals surface area contributed by atoms with Crippen LogP contribution in [0.4, 0.5) is 4.39 Å². The van der Waals surface area contributed by atoms with Crippen molar-refractivity contribution in [3.05, 3.63) is 69.6 Å². The summed E-state index contributed by atoms with van der Waals surface area (Å²) in [4.78, 5) is 19.7. The standard InChI is InChI=1S/C22H23FN4O2/c23-17-10-21-13-22(21,11-18(17)26-8-6-15(28)7-9-26)24-12-16-19(21)25-27(20(16)29)14-4-2-1-3-5-14/h1-4,10-12,14-15,25,28H,5-9,13H2. The van der Waals surface area contributed by atoms with Crippen LogP contribution >= 0.6 is 0 Å². The molecule has 3 unspecified atom stereocenters. The first-order chi connectivity index (χ1) is 14.0. The normalized spacial score (nSPS) is 35.0. The molecule has 6 nitrogen and oxygen atoms in total. The maximum absolute atomic E-state index is 15.2. The number of aliphatic hydroxyl groups excluding tert-OH is 1. The van der Waals surface area contributed by atoms with E-state index in [1.165, 1.54) is 0 Å². The number of aromatic amines is 1. The molecule has 1 aromatic heterocycles. The lowest BCUT2D eigenvalue weighted by Gasteiger charge is -2.35. The van der Waals surface area contributed by atoms with Crippen molar-refractivity contribution in [2.75, 3.05) is 13.1 Å². The molecule has 2 N–H and O–H groups in total. The molecule has 0 radical (unpaired) electrons. The molecular formula is C22H23FN4O2. The number of aliphatic imine (C=N–C) groups is 1. The van der Waals surface area contributed by atoms with Gasteiger partial charge in [0, 0.05) is 19.3 Å². The zero-order valence-electron chi connectivity index (χ0n) is 16.0. The van der Waals surface area contributed by atoms with E-state index in [1.54, 1.807) is 17.0 Å². The molecule has 3 aliphatic carbocycles. The number of nitrogens with one attached hydrogen (secondary N) is 1. The number of halogens is 1. The highest BCUT2D eigenvalue weighted by molar-refractivity contribution is 5.87. The molecule has 0 spiro atoms. The molecule has 2 aliphatic heterocycles. The number of aliphatic hydroxyl groups is 1. The molecule has 0 aromatic carbocycles. The molecule has 0 amide bonds. The van der Waals surface area contributed by atoms with Gasteiger partial charge in [-0.15, -0.1) is 0 Å². The average molecular weight is 394 g/mol. The molecule has 2 fully saturated rings. The van der Waals surface area contributed by atoms with Gasteiger partial charge in [-0.1, -0.05) is 24.3 Å². The predicted octanol–water partition coefficient (Wildman–Crippen LogP) is 2.25. The average Bonchev–Trinajstić information content (AvgIpc) is 3.29. The topological polar surface area (TPSA) is 73.6 Å². The molecule has 3 heterocycles. The largest absolute Gasteiger partial charge is 0.393 e. The fourth-order valence-corrected chi connectivity index (χ4v) is 5.35. The molecule has 1 aromatic rings. The van der Waals surface area contributed by atoms with Crippen molar-refractivity contribution in [3.63, 3.8) is 0 Å². The first kappa shape index (κ1) is 17.2. The Balaban J connectivity index is 1.39. The van der Waals surface area contributed by atoms with Crippen LogP contribution in [0.2, 0.25) is 0 Å². The second-order valence-electron chi connectivity index (χ2n) is 8.76. The summed E-state index contributed by atoms with van der Waals surface area (Å²) in [5, 5.41) is 13.1. The van der Waals surface area contributed by atoms with Crippen LogP contribution in [0.3, 0.4) is 0 Å². The van der Waals surface area contributed by atoms with E-state index in [0.717, 1.165) is 12.1 Å². The zero-order valence-corrected chi connectivity index (χ0v) is 16.0. The minimum absolute atomic E-state index is 0.0562. The molecule has 29 heavy (non-hydrogen) atoms. The van der Waals surface area contributed by atoms with Gasteiger partial charge in [0.2, 0.25) is 0 Å². The van der Waals surface area contributed by atoms with E-state index in [4.69, 9.17) is 4.99 Å². The number of fused-ring (bicyclic) bond motifs is 1. The molecule has 1 saturated heterocycles. The second kappa shape index (κ2) is 5.69. The summed E-state index contributed by atoms with van der Waals surface area (Å²) in [5.41, 5.74) is 0.685. The Kier molecular flexibility index (Phi) is 3.38.